The normalized spacial score (nSPS) is 24.9. The van der Waals surface area contributed by atoms with Crippen LogP contribution in [-0.4, -0.2) is 18.2 Å². The zero-order chi connectivity index (χ0) is 13.9. The second-order valence-electron chi connectivity index (χ2n) is 5.19. The molecule has 20 heavy (non-hydrogen) atoms. The van der Waals surface area contributed by atoms with Gasteiger partial charge < -0.3 is 5.43 Å². The summed E-state index contributed by atoms with van der Waals surface area (Å²) in [5.74, 6) is 0.537. The quantitative estimate of drug-likeness (QED) is 0.894. The number of fused-ring (bicyclic) bond motifs is 1. The van der Waals surface area contributed by atoms with Gasteiger partial charge in [-0.1, -0.05) is 30.3 Å². The van der Waals surface area contributed by atoms with Crippen molar-refractivity contribution in [2.24, 2.45) is 11.0 Å². The first-order valence-corrected chi connectivity index (χ1v) is 9.49. The van der Waals surface area contributed by atoms with Crippen molar-refractivity contribution in [3.63, 3.8) is 0 Å². The molecule has 2 nitrogen and oxygen atoms in total. The Kier molecular flexibility index (Phi) is 4.41. The Balaban J connectivity index is 1.90. The number of hydrogen-bond donors (Lipinski definition) is 1. The molecular weight excluding hydrogens is 284 g/mol. The van der Waals surface area contributed by atoms with Crippen molar-refractivity contribution in [1.82, 2.24) is 5.43 Å². The minimum Gasteiger partial charge on any atom is -0.302 e. The highest BCUT2D eigenvalue weighted by Gasteiger charge is 2.37. The van der Waals surface area contributed by atoms with Gasteiger partial charge in [-0.25, -0.2) is 0 Å². The molecule has 1 aromatic rings. The van der Waals surface area contributed by atoms with E-state index in [4.69, 9.17) is 5.10 Å². The summed E-state index contributed by atoms with van der Waals surface area (Å²) >= 11 is 3.71. The molecule has 1 fully saturated rings. The van der Waals surface area contributed by atoms with Gasteiger partial charge in [0.25, 0.3) is 0 Å². The lowest BCUT2D eigenvalue weighted by atomic mass is 9.79. The third-order valence-corrected chi connectivity index (χ3v) is 6.34. The van der Waals surface area contributed by atoms with Crippen molar-refractivity contribution in [2.75, 3.05) is 12.5 Å². The Morgan fingerprint density at radius 3 is 2.65 bits per heavy atom. The highest BCUT2D eigenvalue weighted by molar-refractivity contribution is 8.21. The molecule has 4 heteroatoms. The lowest BCUT2D eigenvalue weighted by molar-refractivity contribution is 0.451. The van der Waals surface area contributed by atoms with Crippen LogP contribution in [-0.2, 0) is 0 Å². The summed E-state index contributed by atoms with van der Waals surface area (Å²) < 4.78 is 1.43. The topological polar surface area (TPSA) is 24.4 Å². The van der Waals surface area contributed by atoms with Crippen LogP contribution in [0.25, 0.3) is 0 Å². The Bertz CT molecular complexity index is 531. The van der Waals surface area contributed by atoms with Crippen LogP contribution in [0.4, 0.5) is 0 Å². The molecule has 2 unspecified atom stereocenters. The van der Waals surface area contributed by atoms with E-state index in [1.807, 2.05) is 23.5 Å². The van der Waals surface area contributed by atoms with Crippen molar-refractivity contribution < 1.29 is 0 Å². The molecule has 1 saturated carbocycles. The summed E-state index contributed by atoms with van der Waals surface area (Å²) in [7, 11) is 0. The molecule has 0 radical (unpaired) electrons. The summed E-state index contributed by atoms with van der Waals surface area (Å²) in [5.41, 5.74) is 7.53. The monoisotopic (exact) mass is 304 g/mol. The second-order valence-corrected chi connectivity index (χ2v) is 7.08. The summed E-state index contributed by atoms with van der Waals surface area (Å²) in [6.45, 7) is 0. The first-order chi connectivity index (χ1) is 9.85. The molecule has 1 N–H and O–H groups in total. The highest BCUT2D eigenvalue weighted by Crippen LogP contribution is 2.42. The molecule has 1 aliphatic heterocycles. The zero-order valence-corrected chi connectivity index (χ0v) is 13.6. The van der Waals surface area contributed by atoms with Crippen molar-refractivity contribution >= 4 is 29.2 Å². The van der Waals surface area contributed by atoms with Gasteiger partial charge >= 0.3 is 0 Å². The molecule has 0 spiro atoms. The number of nitrogens with zero attached hydrogens (tertiary/aromatic N) is 1. The van der Waals surface area contributed by atoms with Crippen LogP contribution in [0.1, 0.15) is 30.9 Å². The number of hydrazone groups is 1. The van der Waals surface area contributed by atoms with Gasteiger partial charge in [-0.15, -0.1) is 23.5 Å². The maximum absolute atomic E-state index is 4.70. The Hall–Kier alpha value is -0.870. The van der Waals surface area contributed by atoms with E-state index in [2.05, 4.69) is 48.3 Å². The third kappa shape index (κ3) is 2.51. The lowest BCUT2D eigenvalue weighted by Crippen LogP contribution is -2.25. The van der Waals surface area contributed by atoms with E-state index in [9.17, 15) is 0 Å². The van der Waals surface area contributed by atoms with Gasteiger partial charge in [0, 0.05) is 10.2 Å². The van der Waals surface area contributed by atoms with E-state index in [1.165, 1.54) is 40.3 Å². The molecule has 2 aliphatic rings. The SMILES string of the molecule is CSC(SC)=C1CCCC2C1=NNC2c1ccccc1. The molecule has 1 aliphatic carbocycles. The number of thioether (sulfide) groups is 2. The van der Waals surface area contributed by atoms with Gasteiger partial charge in [0.15, 0.2) is 0 Å². The molecule has 1 heterocycles. The molecule has 3 rings (SSSR count). The zero-order valence-electron chi connectivity index (χ0n) is 11.9. The van der Waals surface area contributed by atoms with Crippen LogP contribution in [0.15, 0.2) is 45.2 Å². The van der Waals surface area contributed by atoms with Crippen molar-refractivity contribution in [3.8, 4) is 0 Å². The fourth-order valence-electron chi connectivity index (χ4n) is 3.19. The summed E-state index contributed by atoms with van der Waals surface area (Å²) in [6.07, 6.45) is 8.02. The van der Waals surface area contributed by atoms with E-state index < -0.39 is 0 Å². The number of benzene rings is 1. The molecule has 106 valence electrons. The van der Waals surface area contributed by atoms with E-state index in [-0.39, 0.29) is 0 Å². The Morgan fingerprint density at radius 2 is 1.95 bits per heavy atom. The van der Waals surface area contributed by atoms with Gasteiger partial charge in [0.2, 0.25) is 0 Å². The van der Waals surface area contributed by atoms with Crippen LogP contribution in [0, 0.1) is 5.92 Å². The van der Waals surface area contributed by atoms with Gasteiger partial charge in [0.05, 0.1) is 11.8 Å². The first-order valence-electron chi connectivity index (χ1n) is 7.04. The maximum Gasteiger partial charge on any atom is 0.0773 e. The molecular formula is C16H20N2S2. The molecule has 0 bridgehead atoms. The smallest absolute Gasteiger partial charge is 0.0773 e. The van der Waals surface area contributed by atoms with E-state index in [0.29, 0.717) is 12.0 Å². The molecule has 2 atom stereocenters. The molecule has 1 aromatic carbocycles. The van der Waals surface area contributed by atoms with Gasteiger partial charge in [-0.2, -0.15) is 5.10 Å². The number of nitrogens with one attached hydrogen (secondary N) is 1. The fourth-order valence-corrected chi connectivity index (χ4v) is 4.77. The highest BCUT2D eigenvalue weighted by atomic mass is 32.2. The number of allylic oxidation sites excluding steroid dienone is 1. The van der Waals surface area contributed by atoms with Crippen LogP contribution < -0.4 is 5.43 Å². The van der Waals surface area contributed by atoms with Crippen LogP contribution >= 0.6 is 23.5 Å². The molecule has 0 aromatic heterocycles. The Morgan fingerprint density at radius 1 is 1.20 bits per heavy atom. The van der Waals surface area contributed by atoms with E-state index in [1.54, 1.807) is 0 Å². The van der Waals surface area contributed by atoms with Crippen LogP contribution in [0.3, 0.4) is 0 Å². The van der Waals surface area contributed by atoms with E-state index in [0.717, 1.165) is 0 Å². The minimum absolute atomic E-state index is 0.353. The standard InChI is InChI=1S/C16H20N2S2/c1-19-16(20-2)13-10-6-9-12-14(17-18-15(12)13)11-7-4-3-5-8-11/h3-5,7-8,12,14,17H,6,9-10H2,1-2H3. The van der Waals surface area contributed by atoms with Crippen molar-refractivity contribution in [1.29, 1.82) is 0 Å². The maximum atomic E-state index is 4.70. The first kappa shape index (κ1) is 14.1. The molecule has 0 saturated heterocycles. The van der Waals surface area contributed by atoms with Crippen LogP contribution in [0.2, 0.25) is 0 Å². The van der Waals surface area contributed by atoms with Crippen molar-refractivity contribution in [3.05, 3.63) is 45.7 Å². The van der Waals surface area contributed by atoms with Gasteiger partial charge in [-0.05, 0) is 42.9 Å². The third-order valence-electron chi connectivity index (χ3n) is 4.10. The largest absolute Gasteiger partial charge is 0.302 e. The van der Waals surface area contributed by atoms with Gasteiger partial charge in [-0.3, -0.25) is 0 Å². The fraction of sp³-hybridized carbons (Fsp3) is 0.438. The average molecular weight is 304 g/mol. The minimum atomic E-state index is 0.353. The van der Waals surface area contributed by atoms with Crippen molar-refractivity contribution in [2.45, 2.75) is 25.3 Å². The second kappa shape index (κ2) is 6.27. The summed E-state index contributed by atoms with van der Waals surface area (Å²) in [6, 6.07) is 11.1. The Labute approximate surface area is 129 Å². The van der Waals surface area contributed by atoms with Gasteiger partial charge in [0.1, 0.15) is 0 Å². The predicted molar refractivity (Wildman–Crippen MR) is 91.2 cm³/mol. The van der Waals surface area contributed by atoms with E-state index >= 15 is 0 Å². The number of rotatable bonds is 3. The summed E-state index contributed by atoms with van der Waals surface area (Å²) in [5, 5.41) is 4.70. The predicted octanol–water partition coefficient (Wildman–Crippen LogP) is 4.42. The van der Waals surface area contributed by atoms with Crippen LogP contribution in [0.5, 0.6) is 0 Å². The number of hydrogen-bond acceptors (Lipinski definition) is 4. The molecule has 0 amide bonds. The average Bonchev–Trinajstić information content (AvgIpc) is 2.94. The lowest BCUT2D eigenvalue weighted by Gasteiger charge is -2.27. The summed E-state index contributed by atoms with van der Waals surface area (Å²) in [4.78, 5) is 0.